The van der Waals surface area contributed by atoms with Gasteiger partial charge in [0.1, 0.15) is 5.82 Å². The van der Waals surface area contributed by atoms with Crippen molar-refractivity contribution in [2.24, 2.45) is 23.7 Å². The number of anilines is 1. The van der Waals surface area contributed by atoms with Crippen LogP contribution in [-0.2, 0) is 9.59 Å². The molecule has 3 fully saturated rings. The van der Waals surface area contributed by atoms with Gasteiger partial charge in [0.05, 0.1) is 17.5 Å². The molecule has 1 heterocycles. The van der Waals surface area contributed by atoms with Gasteiger partial charge in [-0.1, -0.05) is 11.1 Å². The molecule has 4 atom stereocenters. The minimum Gasteiger partial charge on any atom is -0.274 e. The van der Waals surface area contributed by atoms with E-state index in [9.17, 15) is 14.0 Å². The molecule has 1 aromatic rings. The first-order valence-corrected chi connectivity index (χ1v) is 9.02. The van der Waals surface area contributed by atoms with Crippen molar-refractivity contribution in [1.29, 1.82) is 0 Å². The van der Waals surface area contributed by atoms with Crippen LogP contribution in [0.1, 0.15) is 38.5 Å². The van der Waals surface area contributed by atoms with E-state index in [1.807, 2.05) is 0 Å². The van der Waals surface area contributed by atoms with E-state index in [1.54, 1.807) is 12.1 Å². The van der Waals surface area contributed by atoms with E-state index < -0.39 is 0 Å². The van der Waals surface area contributed by atoms with Crippen molar-refractivity contribution < 1.29 is 14.0 Å². The topological polar surface area (TPSA) is 37.4 Å². The highest BCUT2D eigenvalue weighted by molar-refractivity contribution is 6.22. The summed E-state index contributed by atoms with van der Waals surface area (Å²) >= 11 is 0. The molecule has 0 spiro atoms. The number of amides is 2. The third kappa shape index (κ3) is 1.77. The highest BCUT2D eigenvalue weighted by Gasteiger charge is 2.59. The Morgan fingerprint density at radius 2 is 1.33 bits per heavy atom. The fraction of sp³-hybridized carbons (Fsp3) is 0.500. The van der Waals surface area contributed by atoms with Crippen LogP contribution in [-0.4, -0.2) is 11.8 Å². The summed E-state index contributed by atoms with van der Waals surface area (Å²) in [6.45, 7) is 0. The molecule has 1 saturated heterocycles. The lowest BCUT2D eigenvalue weighted by Gasteiger charge is -2.34. The second kappa shape index (κ2) is 5.01. The fourth-order valence-corrected chi connectivity index (χ4v) is 5.74. The predicted molar refractivity (Wildman–Crippen MR) is 87.6 cm³/mol. The van der Waals surface area contributed by atoms with E-state index in [0.717, 1.165) is 38.5 Å². The molecule has 3 nitrogen and oxygen atoms in total. The Hall–Kier alpha value is -1.97. The van der Waals surface area contributed by atoms with Crippen molar-refractivity contribution in [2.75, 3.05) is 4.90 Å². The minimum atomic E-state index is -0.354. The molecule has 0 N–H and O–H groups in total. The van der Waals surface area contributed by atoms with E-state index in [1.165, 1.54) is 28.2 Å². The highest BCUT2D eigenvalue weighted by atomic mass is 19.1. The van der Waals surface area contributed by atoms with E-state index in [0.29, 0.717) is 5.69 Å². The SMILES string of the molecule is O=C1[C@@H]2[C@H](C(=O)N1c1ccc(F)cc1)[C@H]1CCCC1=C1CCC[C@H]12. The van der Waals surface area contributed by atoms with Crippen LogP contribution in [0.2, 0.25) is 0 Å². The first-order chi connectivity index (χ1) is 11.7. The first-order valence-electron chi connectivity index (χ1n) is 9.02. The van der Waals surface area contributed by atoms with Crippen LogP contribution in [0.3, 0.4) is 0 Å². The molecule has 0 unspecified atom stereocenters. The summed E-state index contributed by atoms with van der Waals surface area (Å²) in [7, 11) is 0. The summed E-state index contributed by atoms with van der Waals surface area (Å²) in [6.07, 6.45) is 6.55. The number of rotatable bonds is 1. The molecule has 0 radical (unpaired) electrons. The average Bonchev–Trinajstić information content (AvgIpc) is 3.27. The van der Waals surface area contributed by atoms with Crippen molar-refractivity contribution in [3.63, 3.8) is 0 Å². The van der Waals surface area contributed by atoms with Crippen LogP contribution in [0, 0.1) is 29.5 Å². The minimum absolute atomic E-state index is 0.0630. The number of benzene rings is 1. The molecule has 5 rings (SSSR count). The Labute approximate surface area is 140 Å². The molecule has 4 heteroatoms. The molecule has 0 bridgehead atoms. The van der Waals surface area contributed by atoms with E-state index in [4.69, 9.17) is 0 Å². The molecule has 1 aliphatic heterocycles. The average molecular weight is 325 g/mol. The van der Waals surface area contributed by atoms with Gasteiger partial charge in [-0.2, -0.15) is 0 Å². The number of nitrogens with zero attached hydrogens (tertiary/aromatic N) is 1. The zero-order chi connectivity index (χ0) is 16.4. The van der Waals surface area contributed by atoms with Crippen LogP contribution in [0.25, 0.3) is 0 Å². The Kier molecular flexibility index (Phi) is 3.00. The van der Waals surface area contributed by atoms with Crippen LogP contribution < -0.4 is 4.90 Å². The van der Waals surface area contributed by atoms with E-state index in [-0.39, 0.29) is 41.3 Å². The largest absolute Gasteiger partial charge is 0.274 e. The van der Waals surface area contributed by atoms with Gasteiger partial charge in [-0.05, 0) is 74.6 Å². The quantitative estimate of drug-likeness (QED) is 0.581. The normalized spacial score (nSPS) is 34.6. The van der Waals surface area contributed by atoms with E-state index in [2.05, 4.69) is 0 Å². The Balaban J connectivity index is 1.60. The van der Waals surface area contributed by atoms with Crippen molar-refractivity contribution in [3.8, 4) is 0 Å². The van der Waals surface area contributed by atoms with Gasteiger partial charge in [0.2, 0.25) is 11.8 Å². The van der Waals surface area contributed by atoms with Crippen molar-refractivity contribution in [1.82, 2.24) is 0 Å². The van der Waals surface area contributed by atoms with Gasteiger partial charge in [-0.25, -0.2) is 4.39 Å². The van der Waals surface area contributed by atoms with Crippen molar-refractivity contribution in [3.05, 3.63) is 41.2 Å². The lowest BCUT2D eigenvalue weighted by molar-refractivity contribution is -0.122. The van der Waals surface area contributed by atoms with Crippen LogP contribution in [0.5, 0.6) is 0 Å². The standard InChI is InChI=1S/C20H20FNO2/c21-11-7-9-12(10-8-11)22-19(23)17-15-5-1-3-13(15)14-4-2-6-16(14)18(17)20(22)24/h7-10,15-18H,1-6H2/t15-,16+,17+,18-. The maximum Gasteiger partial charge on any atom is 0.238 e. The summed E-state index contributed by atoms with van der Waals surface area (Å²) < 4.78 is 13.2. The summed E-state index contributed by atoms with van der Waals surface area (Å²) in [6, 6.07) is 5.72. The molecule has 2 amide bonds. The molecule has 124 valence electrons. The van der Waals surface area contributed by atoms with Crippen LogP contribution >= 0.6 is 0 Å². The van der Waals surface area contributed by atoms with Crippen LogP contribution in [0.15, 0.2) is 35.4 Å². The summed E-state index contributed by atoms with van der Waals surface area (Å²) in [4.78, 5) is 27.7. The second-order valence-electron chi connectivity index (χ2n) is 7.59. The lowest BCUT2D eigenvalue weighted by atomic mass is 9.66. The lowest BCUT2D eigenvalue weighted by Crippen LogP contribution is -2.35. The molecule has 4 aliphatic rings. The number of halogens is 1. The maximum absolute atomic E-state index is 13.2. The number of carbonyl (C=O) groups is 2. The highest BCUT2D eigenvalue weighted by Crippen LogP contribution is 2.57. The van der Waals surface area contributed by atoms with Gasteiger partial charge >= 0.3 is 0 Å². The third-order valence-corrected chi connectivity index (χ3v) is 6.58. The van der Waals surface area contributed by atoms with Gasteiger partial charge in [0, 0.05) is 0 Å². The molecule has 2 saturated carbocycles. The number of fused-ring (bicyclic) bond motifs is 5. The fourth-order valence-electron chi connectivity index (χ4n) is 5.74. The van der Waals surface area contributed by atoms with Gasteiger partial charge in [-0.3, -0.25) is 14.5 Å². The molecular formula is C20H20FNO2. The first kappa shape index (κ1) is 14.4. The number of hydrogen-bond acceptors (Lipinski definition) is 2. The van der Waals surface area contributed by atoms with Gasteiger partial charge in [0.25, 0.3) is 0 Å². The zero-order valence-corrected chi connectivity index (χ0v) is 13.5. The molecule has 0 aromatic heterocycles. The van der Waals surface area contributed by atoms with Gasteiger partial charge in [-0.15, -0.1) is 0 Å². The maximum atomic E-state index is 13.2. The second-order valence-corrected chi connectivity index (χ2v) is 7.59. The monoisotopic (exact) mass is 325 g/mol. The third-order valence-electron chi connectivity index (χ3n) is 6.58. The molecule has 24 heavy (non-hydrogen) atoms. The number of carbonyl (C=O) groups excluding carboxylic acids is 2. The van der Waals surface area contributed by atoms with Crippen molar-refractivity contribution >= 4 is 17.5 Å². The van der Waals surface area contributed by atoms with E-state index >= 15 is 0 Å². The summed E-state index contributed by atoms with van der Waals surface area (Å²) in [5, 5.41) is 0. The Morgan fingerprint density at radius 1 is 0.833 bits per heavy atom. The summed E-state index contributed by atoms with van der Waals surface area (Å²) in [5.74, 6) is -0.326. The van der Waals surface area contributed by atoms with Gasteiger partial charge < -0.3 is 0 Å². The summed E-state index contributed by atoms with van der Waals surface area (Å²) in [5.41, 5.74) is 3.52. The molecular weight excluding hydrogens is 305 g/mol. The zero-order valence-electron chi connectivity index (χ0n) is 13.5. The van der Waals surface area contributed by atoms with Crippen LogP contribution in [0.4, 0.5) is 10.1 Å². The molecule has 1 aromatic carbocycles. The smallest absolute Gasteiger partial charge is 0.238 e. The van der Waals surface area contributed by atoms with Crippen molar-refractivity contribution in [2.45, 2.75) is 38.5 Å². The van der Waals surface area contributed by atoms with Gasteiger partial charge in [0.15, 0.2) is 0 Å². The Morgan fingerprint density at radius 3 is 1.83 bits per heavy atom. The predicted octanol–water partition coefficient (Wildman–Crippen LogP) is 3.84. The molecule has 3 aliphatic carbocycles. The Bertz CT molecular complexity index is 724. The number of allylic oxidation sites excluding steroid dienone is 2. The number of hydrogen-bond donors (Lipinski definition) is 0. The number of imide groups is 1.